The molecule has 0 saturated heterocycles. The first-order valence-electron chi connectivity index (χ1n) is 5.45. The van der Waals surface area contributed by atoms with Gasteiger partial charge in [-0.3, -0.25) is 14.9 Å². The van der Waals surface area contributed by atoms with Gasteiger partial charge in [-0.05, 0) is 6.07 Å². The molecule has 1 aromatic rings. The van der Waals surface area contributed by atoms with E-state index in [4.69, 9.17) is 14.9 Å². The highest BCUT2D eigenvalue weighted by Crippen LogP contribution is 2.25. The molecule has 0 fully saturated rings. The van der Waals surface area contributed by atoms with Crippen molar-refractivity contribution in [3.8, 4) is 5.75 Å². The standard InChI is InChI=1S/C11H12N2O7/c14-5-7(11(16)17)12-10(15)6-20-9-4-2-1-3-8(9)13(18)19/h1-4,7,14H,5-6H2,(H,12,15)(H,16,17)/t7-/m0/s1. The maximum atomic E-state index is 11.4. The average molecular weight is 284 g/mol. The second-order valence-electron chi connectivity index (χ2n) is 3.65. The number of hydrogen-bond donors (Lipinski definition) is 3. The van der Waals surface area contributed by atoms with E-state index < -0.39 is 36.1 Å². The molecule has 1 rings (SSSR count). The largest absolute Gasteiger partial charge is 0.480 e. The van der Waals surface area contributed by atoms with E-state index in [0.717, 1.165) is 0 Å². The maximum Gasteiger partial charge on any atom is 0.328 e. The number of benzene rings is 1. The fraction of sp³-hybridized carbons (Fsp3) is 0.273. The molecule has 1 aromatic carbocycles. The molecular formula is C11H12N2O7. The lowest BCUT2D eigenvalue weighted by molar-refractivity contribution is -0.385. The highest BCUT2D eigenvalue weighted by atomic mass is 16.6. The summed E-state index contributed by atoms with van der Waals surface area (Å²) in [5, 5.41) is 30.0. The Morgan fingerprint density at radius 3 is 2.60 bits per heavy atom. The number of carbonyl (C=O) groups excluding carboxylic acids is 1. The lowest BCUT2D eigenvalue weighted by Gasteiger charge is -2.12. The van der Waals surface area contributed by atoms with Crippen LogP contribution >= 0.6 is 0 Å². The number of rotatable bonds is 7. The smallest absolute Gasteiger partial charge is 0.328 e. The second kappa shape index (κ2) is 7.04. The normalized spacial score (nSPS) is 11.4. The van der Waals surface area contributed by atoms with Crippen molar-refractivity contribution < 1.29 is 29.5 Å². The lowest BCUT2D eigenvalue weighted by atomic mass is 10.3. The van der Waals surface area contributed by atoms with Crippen LogP contribution in [0.1, 0.15) is 0 Å². The van der Waals surface area contributed by atoms with Crippen molar-refractivity contribution in [2.45, 2.75) is 6.04 Å². The van der Waals surface area contributed by atoms with Gasteiger partial charge in [0.05, 0.1) is 11.5 Å². The van der Waals surface area contributed by atoms with Gasteiger partial charge in [-0.2, -0.15) is 0 Å². The zero-order valence-corrected chi connectivity index (χ0v) is 10.2. The van der Waals surface area contributed by atoms with Crippen molar-refractivity contribution in [2.75, 3.05) is 13.2 Å². The number of carboxylic acid groups (broad SMARTS) is 1. The number of carboxylic acids is 1. The number of ether oxygens (including phenoxy) is 1. The van der Waals surface area contributed by atoms with Crippen molar-refractivity contribution in [3.63, 3.8) is 0 Å². The number of carbonyl (C=O) groups is 2. The summed E-state index contributed by atoms with van der Waals surface area (Å²) >= 11 is 0. The first kappa shape index (κ1) is 15.4. The number of nitro benzene ring substituents is 1. The summed E-state index contributed by atoms with van der Waals surface area (Å²) in [7, 11) is 0. The molecule has 0 aromatic heterocycles. The predicted molar refractivity (Wildman–Crippen MR) is 65.2 cm³/mol. The fourth-order valence-corrected chi connectivity index (χ4v) is 1.29. The first-order chi connectivity index (χ1) is 9.45. The summed E-state index contributed by atoms with van der Waals surface area (Å²) < 4.78 is 4.96. The van der Waals surface area contributed by atoms with Gasteiger partial charge >= 0.3 is 11.7 Å². The molecule has 1 amide bonds. The van der Waals surface area contributed by atoms with Crippen LogP contribution in [0, 0.1) is 10.1 Å². The van der Waals surface area contributed by atoms with Gasteiger partial charge in [-0.1, -0.05) is 12.1 Å². The van der Waals surface area contributed by atoms with Gasteiger partial charge in [0.1, 0.15) is 6.04 Å². The third kappa shape index (κ3) is 4.21. The Labute approximate surface area is 112 Å². The van der Waals surface area contributed by atoms with Crippen molar-refractivity contribution in [2.24, 2.45) is 0 Å². The number of nitrogens with zero attached hydrogens (tertiary/aromatic N) is 1. The minimum atomic E-state index is -1.45. The Kier molecular flexibility index (Phi) is 5.42. The Hall–Kier alpha value is -2.68. The monoisotopic (exact) mass is 284 g/mol. The van der Waals surface area contributed by atoms with E-state index in [1.807, 2.05) is 5.32 Å². The van der Waals surface area contributed by atoms with Gasteiger partial charge in [0.25, 0.3) is 5.91 Å². The van der Waals surface area contributed by atoms with E-state index in [1.54, 1.807) is 0 Å². The van der Waals surface area contributed by atoms with Crippen LogP contribution in [-0.2, 0) is 9.59 Å². The van der Waals surface area contributed by atoms with Gasteiger partial charge in [0.15, 0.2) is 12.4 Å². The van der Waals surface area contributed by atoms with E-state index >= 15 is 0 Å². The van der Waals surface area contributed by atoms with Gasteiger partial charge in [0, 0.05) is 6.07 Å². The number of aliphatic hydroxyl groups is 1. The quantitative estimate of drug-likeness (QED) is 0.454. The van der Waals surface area contributed by atoms with Crippen molar-refractivity contribution >= 4 is 17.6 Å². The molecule has 0 saturated carbocycles. The molecule has 0 heterocycles. The molecule has 0 spiro atoms. The van der Waals surface area contributed by atoms with Crippen molar-refractivity contribution in [3.05, 3.63) is 34.4 Å². The number of nitro groups is 1. The second-order valence-corrected chi connectivity index (χ2v) is 3.65. The minimum absolute atomic E-state index is 0.108. The van der Waals surface area contributed by atoms with Crippen LogP contribution in [0.25, 0.3) is 0 Å². The van der Waals surface area contributed by atoms with Gasteiger partial charge in [-0.25, -0.2) is 4.79 Å². The average Bonchev–Trinajstić information content (AvgIpc) is 2.42. The predicted octanol–water partition coefficient (Wildman–Crippen LogP) is -0.465. The fourth-order valence-electron chi connectivity index (χ4n) is 1.29. The number of aliphatic carboxylic acids is 1. The molecule has 20 heavy (non-hydrogen) atoms. The van der Waals surface area contributed by atoms with Gasteiger partial charge in [0.2, 0.25) is 0 Å². The highest BCUT2D eigenvalue weighted by Gasteiger charge is 2.20. The van der Waals surface area contributed by atoms with E-state index in [1.165, 1.54) is 24.3 Å². The number of amides is 1. The number of nitrogens with one attached hydrogen (secondary N) is 1. The molecule has 0 aliphatic carbocycles. The Bertz CT molecular complexity index is 517. The summed E-state index contributed by atoms with van der Waals surface area (Å²) in [6, 6.07) is 4.01. The topological polar surface area (TPSA) is 139 Å². The van der Waals surface area contributed by atoms with Crippen molar-refractivity contribution in [1.29, 1.82) is 0 Å². The molecule has 0 radical (unpaired) electrons. The van der Waals surface area contributed by atoms with Crippen LogP contribution in [-0.4, -0.2) is 46.3 Å². The van der Waals surface area contributed by atoms with Crippen LogP contribution in [0.5, 0.6) is 5.75 Å². The maximum absolute atomic E-state index is 11.4. The minimum Gasteiger partial charge on any atom is -0.480 e. The van der Waals surface area contributed by atoms with Crippen LogP contribution in [0.4, 0.5) is 5.69 Å². The lowest BCUT2D eigenvalue weighted by Crippen LogP contribution is -2.45. The number of para-hydroxylation sites is 2. The molecule has 0 aliphatic heterocycles. The molecular weight excluding hydrogens is 272 g/mol. The molecule has 1 atom stereocenters. The number of aliphatic hydroxyl groups excluding tert-OH is 1. The third-order valence-corrected chi connectivity index (χ3v) is 2.24. The summed E-state index contributed by atoms with van der Waals surface area (Å²) in [6.45, 7) is -1.37. The van der Waals surface area contributed by atoms with Gasteiger partial charge in [-0.15, -0.1) is 0 Å². The van der Waals surface area contributed by atoms with E-state index in [2.05, 4.69) is 0 Å². The zero-order valence-electron chi connectivity index (χ0n) is 10.2. The van der Waals surface area contributed by atoms with Crippen molar-refractivity contribution in [1.82, 2.24) is 5.32 Å². The van der Waals surface area contributed by atoms with E-state index in [9.17, 15) is 19.7 Å². The molecule has 9 nitrogen and oxygen atoms in total. The van der Waals surface area contributed by atoms with Crippen LogP contribution in [0.2, 0.25) is 0 Å². The molecule has 0 bridgehead atoms. The van der Waals surface area contributed by atoms with E-state index in [-0.39, 0.29) is 11.4 Å². The Balaban J connectivity index is 2.61. The van der Waals surface area contributed by atoms with Crippen LogP contribution < -0.4 is 10.1 Å². The molecule has 0 aliphatic rings. The first-order valence-corrected chi connectivity index (χ1v) is 5.45. The SMILES string of the molecule is O=C(COc1ccccc1[N+](=O)[O-])N[C@@H](CO)C(=O)O. The van der Waals surface area contributed by atoms with Crippen LogP contribution in [0.15, 0.2) is 24.3 Å². The Morgan fingerprint density at radius 1 is 1.40 bits per heavy atom. The van der Waals surface area contributed by atoms with Crippen LogP contribution in [0.3, 0.4) is 0 Å². The molecule has 108 valence electrons. The molecule has 0 unspecified atom stereocenters. The summed E-state index contributed by atoms with van der Waals surface area (Å²) in [6.07, 6.45) is 0. The molecule has 3 N–H and O–H groups in total. The molecule has 9 heteroatoms. The number of hydrogen-bond acceptors (Lipinski definition) is 6. The Morgan fingerprint density at radius 2 is 2.05 bits per heavy atom. The van der Waals surface area contributed by atoms with Gasteiger partial charge < -0.3 is 20.3 Å². The summed E-state index contributed by atoms with van der Waals surface area (Å²) in [5.74, 6) is -2.32. The summed E-state index contributed by atoms with van der Waals surface area (Å²) in [4.78, 5) is 32.0. The zero-order chi connectivity index (χ0) is 15.1. The van der Waals surface area contributed by atoms with E-state index in [0.29, 0.717) is 0 Å². The third-order valence-electron chi connectivity index (χ3n) is 2.24. The highest BCUT2D eigenvalue weighted by molar-refractivity contribution is 5.84. The summed E-state index contributed by atoms with van der Waals surface area (Å²) in [5.41, 5.74) is -0.308.